The van der Waals surface area contributed by atoms with Crippen LogP contribution in [0.25, 0.3) is 11.3 Å². The van der Waals surface area contributed by atoms with Crippen molar-refractivity contribution >= 4 is 28.2 Å². The first-order chi connectivity index (χ1) is 15.2. The van der Waals surface area contributed by atoms with Crippen LogP contribution in [0.5, 0.6) is 0 Å². The van der Waals surface area contributed by atoms with Gasteiger partial charge in [0.1, 0.15) is 22.6 Å². The Bertz CT molecular complexity index is 1250. The molecule has 3 aromatic rings. The smallest absolute Gasteiger partial charge is 0.269 e. The van der Waals surface area contributed by atoms with Crippen molar-refractivity contribution in [3.8, 4) is 17.4 Å². The van der Waals surface area contributed by atoms with Crippen molar-refractivity contribution in [3.05, 3.63) is 67.8 Å². The molecule has 0 bridgehead atoms. The zero-order valence-electron chi connectivity index (χ0n) is 18.6. The maximum Gasteiger partial charge on any atom is 0.269 e. The molecule has 0 saturated carbocycles. The van der Waals surface area contributed by atoms with Gasteiger partial charge in [0.05, 0.1) is 16.7 Å². The first-order valence-corrected chi connectivity index (χ1v) is 11.4. The Morgan fingerprint density at radius 3 is 2.75 bits per heavy atom. The van der Waals surface area contributed by atoms with E-state index in [1.54, 1.807) is 23.6 Å². The predicted molar refractivity (Wildman–Crippen MR) is 127 cm³/mol. The minimum Gasteiger partial charge on any atom is -0.455 e. The molecule has 1 aliphatic rings. The highest BCUT2D eigenvalue weighted by Gasteiger charge is 2.32. The molecule has 32 heavy (non-hydrogen) atoms. The van der Waals surface area contributed by atoms with Crippen molar-refractivity contribution in [2.24, 2.45) is 16.3 Å². The van der Waals surface area contributed by atoms with Gasteiger partial charge in [-0.25, -0.2) is 4.99 Å². The molecule has 164 valence electrons. The molecule has 1 aromatic carbocycles. The summed E-state index contributed by atoms with van der Waals surface area (Å²) < 4.78 is 5.91. The van der Waals surface area contributed by atoms with Crippen LogP contribution in [0.15, 0.2) is 39.7 Å². The number of hydrogen-bond donors (Lipinski definition) is 0. The second-order valence-corrected chi connectivity index (χ2v) is 10.4. The average molecular weight is 448 g/mol. The summed E-state index contributed by atoms with van der Waals surface area (Å²) in [6.07, 6.45) is 4.67. The number of furan rings is 1. The molecule has 7 heteroatoms. The molecule has 0 fully saturated rings. The van der Waals surface area contributed by atoms with E-state index in [0.717, 1.165) is 41.0 Å². The number of nitro groups is 1. The minimum atomic E-state index is -0.409. The number of nitro benzene ring substituents is 1. The van der Waals surface area contributed by atoms with E-state index < -0.39 is 4.92 Å². The van der Waals surface area contributed by atoms with E-state index >= 15 is 0 Å². The van der Waals surface area contributed by atoms with Crippen molar-refractivity contribution in [3.63, 3.8) is 0 Å². The molecule has 1 aliphatic carbocycles. The Hall–Kier alpha value is -3.24. The number of hydrogen-bond acceptors (Lipinski definition) is 6. The molecular formula is C25H25N3O3S. The number of benzene rings is 1. The lowest BCUT2D eigenvalue weighted by atomic mass is 9.72. The normalized spacial score (nSPS) is 16.2. The van der Waals surface area contributed by atoms with Crippen LogP contribution in [-0.2, 0) is 12.8 Å². The van der Waals surface area contributed by atoms with Gasteiger partial charge in [-0.15, -0.1) is 11.3 Å². The lowest BCUT2D eigenvalue weighted by Crippen LogP contribution is -2.26. The maximum absolute atomic E-state index is 11.0. The SMILES string of the molecule is Cc1cc([N+](=O)[O-])ccc1-c1ccc(C=Nc2sc3c(c2C#N)CC[C@H](C(C)(C)C)C3)o1. The molecule has 2 aromatic heterocycles. The van der Waals surface area contributed by atoms with Crippen molar-refractivity contribution < 1.29 is 9.34 Å². The van der Waals surface area contributed by atoms with Crippen LogP contribution in [0, 0.1) is 39.7 Å². The van der Waals surface area contributed by atoms with Crippen LogP contribution >= 0.6 is 11.3 Å². The quantitative estimate of drug-likeness (QED) is 0.244. The summed E-state index contributed by atoms with van der Waals surface area (Å²) in [5, 5.41) is 21.4. The average Bonchev–Trinajstić information content (AvgIpc) is 3.34. The van der Waals surface area contributed by atoms with Crippen LogP contribution in [0.4, 0.5) is 10.7 Å². The van der Waals surface area contributed by atoms with Gasteiger partial charge in [0, 0.05) is 22.6 Å². The van der Waals surface area contributed by atoms with Gasteiger partial charge in [0.2, 0.25) is 0 Å². The van der Waals surface area contributed by atoms with E-state index in [1.807, 2.05) is 19.1 Å². The van der Waals surface area contributed by atoms with E-state index in [1.165, 1.54) is 17.0 Å². The molecule has 0 saturated heterocycles. The fourth-order valence-electron chi connectivity index (χ4n) is 4.24. The van der Waals surface area contributed by atoms with Gasteiger partial charge < -0.3 is 4.42 Å². The molecule has 0 aliphatic heterocycles. The van der Waals surface area contributed by atoms with Crippen molar-refractivity contribution in [2.45, 2.75) is 47.0 Å². The molecule has 0 N–H and O–H groups in total. The molecule has 0 amide bonds. The third-order valence-corrected chi connectivity index (χ3v) is 7.37. The molecule has 6 nitrogen and oxygen atoms in total. The highest BCUT2D eigenvalue weighted by molar-refractivity contribution is 7.16. The fourth-order valence-corrected chi connectivity index (χ4v) is 5.47. The van der Waals surface area contributed by atoms with Crippen LogP contribution in [0.2, 0.25) is 0 Å². The van der Waals surface area contributed by atoms with E-state index in [9.17, 15) is 15.4 Å². The summed E-state index contributed by atoms with van der Waals surface area (Å²) in [6.45, 7) is 8.66. The Kier molecular flexibility index (Phi) is 5.74. The predicted octanol–water partition coefficient (Wildman–Crippen LogP) is 7.00. The zero-order valence-corrected chi connectivity index (χ0v) is 19.5. The second kappa shape index (κ2) is 8.36. The zero-order chi connectivity index (χ0) is 23.0. The van der Waals surface area contributed by atoms with Crippen LogP contribution in [-0.4, -0.2) is 11.1 Å². The number of aryl methyl sites for hydroxylation is 1. The fraction of sp³-hybridized carbons (Fsp3) is 0.360. The largest absolute Gasteiger partial charge is 0.455 e. The molecule has 0 spiro atoms. The van der Waals surface area contributed by atoms with E-state index in [2.05, 4.69) is 31.8 Å². The third kappa shape index (κ3) is 4.23. The highest BCUT2D eigenvalue weighted by atomic mass is 32.1. The Balaban J connectivity index is 1.58. The van der Waals surface area contributed by atoms with Gasteiger partial charge in [-0.05, 0) is 66.8 Å². The van der Waals surface area contributed by atoms with E-state index in [-0.39, 0.29) is 11.1 Å². The Morgan fingerprint density at radius 1 is 1.31 bits per heavy atom. The molecule has 1 atom stereocenters. The van der Waals surface area contributed by atoms with Gasteiger partial charge >= 0.3 is 0 Å². The first-order valence-electron chi connectivity index (χ1n) is 10.6. The molecular weight excluding hydrogens is 422 g/mol. The third-order valence-electron chi connectivity index (χ3n) is 6.21. The van der Waals surface area contributed by atoms with Crippen LogP contribution in [0.1, 0.15) is 54.5 Å². The summed E-state index contributed by atoms with van der Waals surface area (Å²) in [5.41, 5.74) is 3.71. The number of rotatable bonds is 4. The van der Waals surface area contributed by atoms with Gasteiger partial charge in [0.15, 0.2) is 0 Å². The molecule has 2 heterocycles. The number of fused-ring (bicyclic) bond motifs is 1. The number of nitriles is 1. The lowest BCUT2D eigenvalue weighted by Gasteiger charge is -2.33. The number of thiophene rings is 1. The molecule has 4 rings (SSSR count). The highest BCUT2D eigenvalue weighted by Crippen LogP contribution is 2.45. The van der Waals surface area contributed by atoms with Crippen LogP contribution in [0.3, 0.4) is 0 Å². The second-order valence-electron chi connectivity index (χ2n) is 9.32. The van der Waals surface area contributed by atoms with Gasteiger partial charge in [0.25, 0.3) is 5.69 Å². The summed E-state index contributed by atoms with van der Waals surface area (Å²) >= 11 is 1.61. The Morgan fingerprint density at radius 2 is 2.09 bits per heavy atom. The minimum absolute atomic E-state index is 0.0546. The Labute approximate surface area is 191 Å². The van der Waals surface area contributed by atoms with Gasteiger partial charge in [-0.3, -0.25) is 10.1 Å². The maximum atomic E-state index is 11.0. The van der Waals surface area contributed by atoms with E-state index in [0.29, 0.717) is 23.0 Å². The topological polar surface area (TPSA) is 92.4 Å². The van der Waals surface area contributed by atoms with E-state index in [4.69, 9.17) is 4.42 Å². The summed E-state index contributed by atoms with van der Waals surface area (Å²) in [4.78, 5) is 16.4. The summed E-state index contributed by atoms with van der Waals surface area (Å²) in [7, 11) is 0. The van der Waals surface area contributed by atoms with Crippen molar-refractivity contribution in [2.75, 3.05) is 0 Å². The standard InChI is InChI=1S/C25H25N3O3S/c1-15-11-17(28(29)30)6-9-19(15)22-10-7-18(31-22)14-27-24-21(13-26)20-8-5-16(25(2,3)4)12-23(20)32-24/h6-7,9-11,14,16H,5,8,12H2,1-4H3/t16-/m0/s1. The van der Waals surface area contributed by atoms with Crippen molar-refractivity contribution in [1.29, 1.82) is 5.26 Å². The summed E-state index contributed by atoms with van der Waals surface area (Å²) in [5.74, 6) is 1.80. The molecule has 0 unspecified atom stereocenters. The first kappa shape index (κ1) is 22.0. The van der Waals surface area contributed by atoms with Gasteiger partial charge in [-0.2, -0.15) is 5.26 Å². The van der Waals surface area contributed by atoms with Crippen LogP contribution < -0.4 is 0 Å². The lowest BCUT2D eigenvalue weighted by molar-refractivity contribution is -0.384. The number of aliphatic imine (C=N–C) groups is 1. The monoisotopic (exact) mass is 447 g/mol. The summed E-state index contributed by atoms with van der Waals surface area (Å²) in [6, 6.07) is 10.7. The van der Waals surface area contributed by atoms with Gasteiger partial charge in [-0.1, -0.05) is 20.8 Å². The number of non-ortho nitro benzene ring substituents is 1. The van der Waals surface area contributed by atoms with Crippen molar-refractivity contribution in [1.82, 2.24) is 0 Å². The number of nitrogens with zero attached hydrogens (tertiary/aromatic N) is 3. The molecule has 0 radical (unpaired) electrons.